The van der Waals surface area contributed by atoms with Crippen molar-refractivity contribution in [2.24, 2.45) is 5.92 Å². The van der Waals surface area contributed by atoms with E-state index in [0.717, 1.165) is 35.3 Å². The van der Waals surface area contributed by atoms with Crippen LogP contribution in [0.15, 0.2) is 18.2 Å². The molecule has 1 saturated carbocycles. The zero-order chi connectivity index (χ0) is 14.7. The fourth-order valence-corrected chi connectivity index (χ4v) is 4.42. The van der Waals surface area contributed by atoms with Gasteiger partial charge in [0.1, 0.15) is 5.82 Å². The van der Waals surface area contributed by atoms with Crippen LogP contribution in [0.5, 0.6) is 0 Å². The average Bonchev–Trinajstić information content (AvgIpc) is 2.53. The van der Waals surface area contributed by atoms with Crippen molar-refractivity contribution >= 4 is 47.4 Å². The maximum Gasteiger partial charge on any atom is 0.128 e. The van der Waals surface area contributed by atoms with Crippen molar-refractivity contribution in [2.75, 3.05) is 26.2 Å². The summed E-state index contributed by atoms with van der Waals surface area (Å²) >= 11 is 2.30. The molecule has 1 aromatic rings. The summed E-state index contributed by atoms with van der Waals surface area (Å²) in [4.78, 5) is 2.51. The monoisotopic (exact) mass is 474 g/mol. The van der Waals surface area contributed by atoms with Gasteiger partial charge in [-0.3, -0.25) is 4.90 Å². The summed E-state index contributed by atoms with van der Waals surface area (Å²) < 4.78 is 15.6. The first kappa shape index (κ1) is 21.4. The Hall–Kier alpha value is 0.380. The van der Waals surface area contributed by atoms with Gasteiger partial charge in [0, 0.05) is 41.4 Å². The van der Waals surface area contributed by atoms with E-state index in [1.54, 1.807) is 6.07 Å². The predicted octanol–water partition coefficient (Wildman–Crippen LogP) is 4.80. The minimum atomic E-state index is -0.0236. The third-order valence-corrected chi connectivity index (χ3v) is 5.59. The number of hydrogen-bond donors (Lipinski definition) is 1. The molecule has 2 nitrogen and oxygen atoms in total. The van der Waals surface area contributed by atoms with Gasteiger partial charge in [-0.15, -0.1) is 24.8 Å². The fourth-order valence-electron chi connectivity index (χ4n) is 3.90. The molecule has 0 radical (unpaired) electrons. The topological polar surface area (TPSA) is 15.3 Å². The van der Waals surface area contributed by atoms with E-state index in [2.05, 4.69) is 38.9 Å². The zero-order valence-electron chi connectivity index (χ0n) is 13.3. The Morgan fingerprint density at radius 2 is 1.74 bits per heavy atom. The van der Waals surface area contributed by atoms with E-state index in [1.165, 1.54) is 32.1 Å². The molecule has 0 unspecified atom stereocenters. The van der Waals surface area contributed by atoms with E-state index in [4.69, 9.17) is 0 Å². The van der Waals surface area contributed by atoms with Gasteiger partial charge >= 0.3 is 0 Å². The second-order valence-electron chi connectivity index (χ2n) is 6.29. The summed E-state index contributed by atoms with van der Waals surface area (Å²) in [6.45, 7) is 4.11. The number of hydrogen-bond acceptors (Lipinski definition) is 2. The molecule has 2 aliphatic rings. The Kier molecular flexibility index (Phi) is 9.68. The molecule has 6 heteroatoms. The highest BCUT2D eigenvalue weighted by atomic mass is 127. The number of benzene rings is 1. The molecule has 1 aromatic carbocycles. The lowest BCUT2D eigenvalue weighted by Crippen LogP contribution is -2.47. The van der Waals surface area contributed by atoms with Gasteiger partial charge in [0.15, 0.2) is 0 Å². The van der Waals surface area contributed by atoms with Gasteiger partial charge < -0.3 is 5.32 Å². The SMILES string of the molecule is Cl.Cl.Fc1ccc(I)cc1[C@@H](C1CCCCC1)N1CCNCC1. The number of rotatable bonds is 3. The van der Waals surface area contributed by atoms with Gasteiger partial charge in [-0.1, -0.05) is 19.3 Å². The lowest BCUT2D eigenvalue weighted by atomic mass is 9.80. The van der Waals surface area contributed by atoms with Crippen molar-refractivity contribution in [1.82, 2.24) is 10.2 Å². The summed E-state index contributed by atoms with van der Waals surface area (Å²) in [7, 11) is 0. The van der Waals surface area contributed by atoms with E-state index >= 15 is 0 Å². The van der Waals surface area contributed by atoms with Crippen LogP contribution < -0.4 is 5.32 Å². The molecule has 1 N–H and O–H groups in total. The van der Waals surface area contributed by atoms with Crippen molar-refractivity contribution in [2.45, 2.75) is 38.1 Å². The van der Waals surface area contributed by atoms with Gasteiger partial charge in [0.2, 0.25) is 0 Å². The number of nitrogens with one attached hydrogen (secondary N) is 1. The van der Waals surface area contributed by atoms with E-state index in [-0.39, 0.29) is 36.7 Å². The van der Waals surface area contributed by atoms with Crippen molar-refractivity contribution in [3.63, 3.8) is 0 Å². The quantitative estimate of drug-likeness (QED) is 0.633. The van der Waals surface area contributed by atoms with Crippen molar-refractivity contribution in [3.05, 3.63) is 33.1 Å². The maximum atomic E-state index is 14.5. The molecule has 0 amide bonds. The molecule has 3 rings (SSSR count). The Bertz CT molecular complexity index is 460. The van der Waals surface area contributed by atoms with Crippen LogP contribution in [0.25, 0.3) is 0 Å². The van der Waals surface area contributed by atoms with Crippen LogP contribution >= 0.6 is 47.4 Å². The Labute approximate surface area is 164 Å². The van der Waals surface area contributed by atoms with E-state index in [9.17, 15) is 4.39 Å². The minimum Gasteiger partial charge on any atom is -0.314 e. The highest BCUT2D eigenvalue weighted by Gasteiger charge is 2.32. The molecule has 0 spiro atoms. The molecule has 1 atom stereocenters. The number of nitrogens with zero attached hydrogens (tertiary/aromatic N) is 1. The standard InChI is InChI=1S/C17H24FIN2.2ClH/c18-16-7-6-14(19)12-15(16)17(13-4-2-1-3-5-13)21-10-8-20-9-11-21;;/h6-7,12-13,17,20H,1-5,8-11H2;2*1H/t17-;;/m1../s1. The van der Waals surface area contributed by atoms with Crippen LogP contribution in [0.2, 0.25) is 0 Å². The third-order valence-electron chi connectivity index (χ3n) is 4.92. The summed E-state index contributed by atoms with van der Waals surface area (Å²) in [5.41, 5.74) is 0.927. The number of piperazine rings is 1. The van der Waals surface area contributed by atoms with Gasteiger partial charge in [0.25, 0.3) is 0 Å². The van der Waals surface area contributed by atoms with Gasteiger partial charge in [-0.25, -0.2) is 4.39 Å². The minimum absolute atomic E-state index is 0. The smallest absolute Gasteiger partial charge is 0.128 e. The normalized spacial score (nSPS) is 21.1. The van der Waals surface area contributed by atoms with E-state index in [0.29, 0.717) is 5.92 Å². The van der Waals surface area contributed by atoms with Crippen LogP contribution in [0.1, 0.15) is 43.7 Å². The van der Waals surface area contributed by atoms with Crippen LogP contribution in [0.4, 0.5) is 4.39 Å². The molecule has 132 valence electrons. The second kappa shape index (κ2) is 10.4. The van der Waals surface area contributed by atoms with Gasteiger partial charge in [-0.05, 0) is 59.5 Å². The van der Waals surface area contributed by atoms with Crippen LogP contribution in [-0.2, 0) is 0 Å². The largest absolute Gasteiger partial charge is 0.314 e. The summed E-state index contributed by atoms with van der Waals surface area (Å²) in [5.74, 6) is 0.592. The molecule has 1 aliphatic heterocycles. The molecular formula is C17H26Cl2FIN2. The fraction of sp³-hybridized carbons (Fsp3) is 0.647. The van der Waals surface area contributed by atoms with Gasteiger partial charge in [-0.2, -0.15) is 0 Å². The highest BCUT2D eigenvalue weighted by molar-refractivity contribution is 14.1. The van der Waals surface area contributed by atoms with E-state index < -0.39 is 0 Å². The zero-order valence-corrected chi connectivity index (χ0v) is 17.1. The molecule has 23 heavy (non-hydrogen) atoms. The summed E-state index contributed by atoms with van der Waals surface area (Å²) in [6, 6.07) is 5.85. The molecule has 0 bridgehead atoms. The number of halogens is 4. The Morgan fingerprint density at radius 1 is 1.09 bits per heavy atom. The predicted molar refractivity (Wildman–Crippen MR) is 107 cm³/mol. The lowest BCUT2D eigenvalue weighted by molar-refractivity contribution is 0.100. The lowest BCUT2D eigenvalue weighted by Gasteiger charge is -2.41. The Balaban J connectivity index is 0.00000132. The molecule has 2 fully saturated rings. The second-order valence-corrected chi connectivity index (χ2v) is 7.54. The van der Waals surface area contributed by atoms with Gasteiger partial charge in [0.05, 0.1) is 0 Å². The summed E-state index contributed by atoms with van der Waals surface area (Å²) in [6.07, 6.45) is 6.45. The Morgan fingerprint density at radius 3 is 2.39 bits per heavy atom. The summed E-state index contributed by atoms with van der Waals surface area (Å²) in [5, 5.41) is 3.41. The molecule has 0 aromatic heterocycles. The van der Waals surface area contributed by atoms with Crippen LogP contribution in [-0.4, -0.2) is 31.1 Å². The molecule has 1 aliphatic carbocycles. The van der Waals surface area contributed by atoms with Crippen LogP contribution in [0, 0.1) is 15.3 Å². The van der Waals surface area contributed by atoms with Crippen molar-refractivity contribution < 1.29 is 4.39 Å². The van der Waals surface area contributed by atoms with Crippen LogP contribution in [0.3, 0.4) is 0 Å². The third kappa shape index (κ3) is 5.43. The highest BCUT2D eigenvalue weighted by Crippen LogP contribution is 2.39. The first-order valence-corrected chi connectivity index (χ1v) is 9.23. The van der Waals surface area contributed by atoms with Crippen molar-refractivity contribution in [3.8, 4) is 0 Å². The first-order chi connectivity index (χ1) is 10.3. The molecular weight excluding hydrogens is 449 g/mol. The van der Waals surface area contributed by atoms with E-state index in [1.807, 2.05) is 6.07 Å². The average molecular weight is 475 g/mol. The first-order valence-electron chi connectivity index (χ1n) is 8.15. The maximum absolute atomic E-state index is 14.5. The molecule has 1 heterocycles. The molecule has 1 saturated heterocycles. The van der Waals surface area contributed by atoms with Crippen molar-refractivity contribution in [1.29, 1.82) is 0 Å².